The molecule has 1 aliphatic heterocycles. The summed E-state index contributed by atoms with van der Waals surface area (Å²) in [6.07, 6.45) is 5.47. The number of nitrogens with one attached hydrogen (secondary N) is 3. The summed E-state index contributed by atoms with van der Waals surface area (Å²) in [5, 5.41) is 10.00. The molecular formula is C24H32ClF3N4O2. The van der Waals surface area contributed by atoms with Crippen LogP contribution in [0.4, 0.5) is 13.2 Å². The number of amides is 1. The molecule has 1 saturated heterocycles. The van der Waals surface area contributed by atoms with Crippen LogP contribution in [0.3, 0.4) is 0 Å². The van der Waals surface area contributed by atoms with Crippen molar-refractivity contribution in [1.29, 1.82) is 0 Å². The molecule has 6 rings (SSSR count). The summed E-state index contributed by atoms with van der Waals surface area (Å²) in [6, 6.07) is 3.58. The first-order valence-electron chi connectivity index (χ1n) is 12.2. The summed E-state index contributed by atoms with van der Waals surface area (Å²) in [6.45, 7) is 0.664. The zero-order valence-corrected chi connectivity index (χ0v) is 19.9. The fourth-order valence-corrected chi connectivity index (χ4v) is 6.56. The maximum Gasteiger partial charge on any atom is 0.258 e. The molecule has 1 aromatic carbocycles. The van der Waals surface area contributed by atoms with Crippen LogP contribution >= 0.6 is 11.6 Å². The number of halogens is 4. The minimum absolute atomic E-state index is 0.00232. The summed E-state index contributed by atoms with van der Waals surface area (Å²) in [5.41, 5.74) is -0.289. The average molecular weight is 501 g/mol. The van der Waals surface area contributed by atoms with E-state index in [-0.39, 0.29) is 53.1 Å². The second-order valence-corrected chi connectivity index (χ2v) is 10.9. The van der Waals surface area contributed by atoms with Gasteiger partial charge in [-0.05, 0) is 44.2 Å². The molecule has 5 aliphatic rings. The van der Waals surface area contributed by atoms with Crippen LogP contribution in [0.1, 0.15) is 51.4 Å². The summed E-state index contributed by atoms with van der Waals surface area (Å²) in [5.74, 6) is -0.589. The molecule has 1 aromatic rings. The number of alkyl halides is 2. The van der Waals surface area contributed by atoms with Crippen molar-refractivity contribution in [1.82, 2.24) is 20.9 Å². The molecule has 1 amide bonds. The number of ether oxygens (including phenoxy) is 1. The maximum absolute atomic E-state index is 13.7. The van der Waals surface area contributed by atoms with Gasteiger partial charge in [-0.3, -0.25) is 20.3 Å². The van der Waals surface area contributed by atoms with E-state index >= 15 is 0 Å². The Morgan fingerprint density at radius 2 is 1.94 bits per heavy atom. The number of rotatable bonds is 8. The van der Waals surface area contributed by atoms with E-state index in [0.29, 0.717) is 6.54 Å². The molecule has 5 fully saturated rings. The molecule has 3 N–H and O–H groups in total. The van der Waals surface area contributed by atoms with E-state index in [9.17, 15) is 18.0 Å². The summed E-state index contributed by atoms with van der Waals surface area (Å²) in [7, 11) is 0. The van der Waals surface area contributed by atoms with Gasteiger partial charge in [0.05, 0.1) is 17.2 Å². The largest absolute Gasteiger partial charge is 0.484 e. The number of hydrogen-bond acceptors (Lipinski definition) is 5. The van der Waals surface area contributed by atoms with E-state index < -0.39 is 18.3 Å². The van der Waals surface area contributed by atoms with Crippen LogP contribution in [-0.4, -0.2) is 66.3 Å². The third kappa shape index (κ3) is 4.90. The van der Waals surface area contributed by atoms with Gasteiger partial charge in [0.1, 0.15) is 11.6 Å². The van der Waals surface area contributed by atoms with Crippen molar-refractivity contribution < 1.29 is 22.7 Å². The van der Waals surface area contributed by atoms with E-state index in [4.69, 9.17) is 16.3 Å². The molecular weight excluding hydrogens is 469 g/mol. The van der Waals surface area contributed by atoms with Gasteiger partial charge in [0.25, 0.3) is 12.3 Å². The lowest BCUT2D eigenvalue weighted by Crippen LogP contribution is -2.85. The maximum atomic E-state index is 13.7. The van der Waals surface area contributed by atoms with Crippen molar-refractivity contribution in [3.8, 4) is 5.75 Å². The quantitative estimate of drug-likeness (QED) is 0.510. The zero-order valence-electron chi connectivity index (χ0n) is 19.1. The van der Waals surface area contributed by atoms with Crippen LogP contribution in [0.2, 0.25) is 5.02 Å². The van der Waals surface area contributed by atoms with Gasteiger partial charge < -0.3 is 10.1 Å². The Balaban J connectivity index is 1.08. The number of carbonyl (C=O) groups is 1. The Hall–Kier alpha value is -1.55. The Labute approximate surface area is 202 Å². The molecule has 2 bridgehead atoms. The topological polar surface area (TPSA) is 65.6 Å². The van der Waals surface area contributed by atoms with Gasteiger partial charge in [-0.2, -0.15) is 0 Å². The molecule has 0 aromatic heterocycles. The van der Waals surface area contributed by atoms with Crippen LogP contribution in [0.5, 0.6) is 5.75 Å². The van der Waals surface area contributed by atoms with Crippen molar-refractivity contribution in [3.05, 3.63) is 29.0 Å². The third-order valence-corrected chi connectivity index (χ3v) is 8.21. The first kappa shape index (κ1) is 24.2. The number of carbonyl (C=O) groups excluding carboxylic acids is 1. The first-order valence-corrected chi connectivity index (χ1v) is 12.6. The molecule has 2 atom stereocenters. The van der Waals surface area contributed by atoms with E-state index in [1.54, 1.807) is 0 Å². The molecule has 188 valence electrons. The zero-order chi connectivity index (χ0) is 23.9. The average Bonchev–Trinajstić information content (AvgIpc) is 2.78. The Bertz CT molecular complexity index is 894. The lowest BCUT2D eigenvalue weighted by molar-refractivity contribution is -0.147. The van der Waals surface area contributed by atoms with Crippen LogP contribution in [0.25, 0.3) is 0 Å². The summed E-state index contributed by atoms with van der Waals surface area (Å²) in [4.78, 5) is 14.4. The highest BCUT2D eigenvalue weighted by atomic mass is 35.5. The molecule has 0 radical (unpaired) electrons. The number of hydrogen-bond donors (Lipinski definition) is 3. The molecule has 10 heteroatoms. The minimum Gasteiger partial charge on any atom is -0.484 e. The smallest absolute Gasteiger partial charge is 0.258 e. The molecule has 6 nitrogen and oxygen atoms in total. The third-order valence-electron chi connectivity index (χ3n) is 7.90. The van der Waals surface area contributed by atoms with Crippen molar-refractivity contribution in [3.63, 3.8) is 0 Å². The van der Waals surface area contributed by atoms with E-state index in [0.717, 1.165) is 51.0 Å². The minimum atomic E-state index is -2.35. The van der Waals surface area contributed by atoms with Gasteiger partial charge in [-0.25, -0.2) is 13.2 Å². The van der Waals surface area contributed by atoms with Crippen LogP contribution < -0.4 is 20.7 Å². The Kier molecular flexibility index (Phi) is 6.74. The van der Waals surface area contributed by atoms with Gasteiger partial charge >= 0.3 is 0 Å². The highest BCUT2D eigenvalue weighted by Gasteiger charge is 2.69. The molecule has 34 heavy (non-hydrogen) atoms. The summed E-state index contributed by atoms with van der Waals surface area (Å²) >= 11 is 5.66. The Morgan fingerprint density at radius 1 is 1.21 bits per heavy atom. The molecule has 2 unspecified atom stereocenters. The van der Waals surface area contributed by atoms with Crippen molar-refractivity contribution in [2.24, 2.45) is 0 Å². The van der Waals surface area contributed by atoms with E-state index in [2.05, 4.69) is 16.0 Å². The molecule has 1 heterocycles. The predicted octanol–water partition coefficient (Wildman–Crippen LogP) is 3.44. The fraction of sp³-hybridized carbons (Fsp3) is 0.708. The number of piperazine rings is 1. The normalized spacial score (nSPS) is 33.8. The summed E-state index contributed by atoms with van der Waals surface area (Å²) < 4.78 is 46.2. The highest BCUT2D eigenvalue weighted by Crippen LogP contribution is 2.60. The highest BCUT2D eigenvalue weighted by molar-refractivity contribution is 6.30. The van der Waals surface area contributed by atoms with E-state index in [1.807, 2.05) is 4.90 Å². The van der Waals surface area contributed by atoms with Gasteiger partial charge in [-0.1, -0.05) is 30.9 Å². The lowest BCUT2D eigenvalue weighted by atomic mass is 9.44. The molecule has 0 spiro atoms. The second-order valence-electron chi connectivity index (χ2n) is 10.5. The Morgan fingerprint density at radius 3 is 2.62 bits per heavy atom. The molecule has 4 saturated carbocycles. The van der Waals surface area contributed by atoms with Crippen molar-refractivity contribution >= 4 is 17.5 Å². The van der Waals surface area contributed by atoms with Crippen LogP contribution in [0, 0.1) is 5.82 Å². The lowest BCUT2D eigenvalue weighted by Gasteiger charge is -2.71. The number of nitrogens with zero attached hydrogens (tertiary/aromatic N) is 1. The fourth-order valence-electron chi connectivity index (χ4n) is 6.44. The predicted molar refractivity (Wildman–Crippen MR) is 123 cm³/mol. The van der Waals surface area contributed by atoms with Gasteiger partial charge in [0.2, 0.25) is 0 Å². The van der Waals surface area contributed by atoms with Gasteiger partial charge in [0.15, 0.2) is 6.61 Å². The van der Waals surface area contributed by atoms with Crippen molar-refractivity contribution in [2.75, 3.05) is 19.7 Å². The van der Waals surface area contributed by atoms with Gasteiger partial charge in [0, 0.05) is 36.3 Å². The van der Waals surface area contributed by atoms with Gasteiger partial charge in [-0.15, -0.1) is 0 Å². The van der Waals surface area contributed by atoms with Crippen LogP contribution in [-0.2, 0) is 4.79 Å². The first-order chi connectivity index (χ1) is 16.3. The van der Waals surface area contributed by atoms with Crippen LogP contribution in [0.15, 0.2) is 18.2 Å². The molecule has 4 aliphatic carbocycles. The SMILES string of the molecule is O=C(COc1ccc(Cl)c(F)c1)NC12CC(NC3CN(C4CCCCC4)C(C(F)F)CN3)(C1)C2. The number of benzene rings is 1. The monoisotopic (exact) mass is 500 g/mol. The van der Waals surface area contributed by atoms with Crippen molar-refractivity contribution in [2.45, 2.75) is 87.1 Å². The van der Waals surface area contributed by atoms with E-state index in [1.165, 1.54) is 18.6 Å². The standard InChI is InChI=1S/C24H32ClF3N4O2/c25-17-7-6-16(8-18(17)26)34-11-21(33)31-24-12-23(13-24,14-24)30-20-10-32(15-4-2-1-3-5-15)19(9-29-20)22(27)28/h6-8,15,19-20,22,29-30H,1-5,9-14H2,(H,31,33). The second kappa shape index (κ2) is 9.48.